The minimum atomic E-state index is -1.41. The van der Waals surface area contributed by atoms with Gasteiger partial charge in [-0.2, -0.15) is 0 Å². The minimum absolute atomic E-state index is 0.0266. The fourth-order valence-corrected chi connectivity index (χ4v) is 3.82. The van der Waals surface area contributed by atoms with Crippen molar-refractivity contribution in [2.24, 2.45) is 0 Å². The SMILES string of the molecule is C[C@@H]1O[C@@H](OCCNC(=O)CCCCCNC(=O)C(CC(=O)O)NC(=O)OCc2ccccc2)[C@@H](O)[C@H](O)[C@@H]1O. The Balaban J connectivity index is 1.56. The Bertz CT molecular complexity index is 949. The summed E-state index contributed by atoms with van der Waals surface area (Å²) in [6, 6.07) is 7.58. The summed E-state index contributed by atoms with van der Waals surface area (Å²) in [5.41, 5.74) is 0.740. The average Bonchev–Trinajstić information content (AvgIpc) is 2.93. The van der Waals surface area contributed by atoms with Gasteiger partial charge in [-0.1, -0.05) is 36.8 Å². The molecule has 224 valence electrons. The smallest absolute Gasteiger partial charge is 0.408 e. The highest BCUT2D eigenvalue weighted by Crippen LogP contribution is 2.21. The topological polar surface area (TPSA) is 213 Å². The maximum absolute atomic E-state index is 12.4. The predicted molar refractivity (Wildman–Crippen MR) is 139 cm³/mol. The number of ether oxygens (including phenoxy) is 3. The number of benzene rings is 1. The molecule has 0 saturated carbocycles. The van der Waals surface area contributed by atoms with Crippen LogP contribution >= 0.6 is 0 Å². The fourth-order valence-electron chi connectivity index (χ4n) is 3.82. The van der Waals surface area contributed by atoms with Crippen LogP contribution in [0.15, 0.2) is 30.3 Å². The van der Waals surface area contributed by atoms with Gasteiger partial charge in [-0.25, -0.2) is 4.79 Å². The number of nitrogens with one attached hydrogen (secondary N) is 3. The Morgan fingerprint density at radius 2 is 1.68 bits per heavy atom. The summed E-state index contributed by atoms with van der Waals surface area (Å²) < 4.78 is 15.7. The van der Waals surface area contributed by atoms with Gasteiger partial charge >= 0.3 is 12.1 Å². The molecule has 7 N–H and O–H groups in total. The predicted octanol–water partition coefficient (Wildman–Crippen LogP) is -0.607. The standard InChI is InChI=1S/C26H39N3O11/c1-16-21(33)22(34)23(35)25(40-16)38-13-12-27-19(30)10-6-3-7-11-28-24(36)18(14-20(31)32)29-26(37)39-15-17-8-4-2-5-9-17/h2,4-5,8-9,16,18,21-23,25,33-35H,3,6-7,10-15H2,1H3,(H,27,30)(H,28,36)(H,29,37)(H,31,32)/t16-,18?,21+,22+,23-,25+/m0/s1. The number of aliphatic hydroxyl groups is 3. The summed E-state index contributed by atoms with van der Waals surface area (Å²) in [7, 11) is 0. The van der Waals surface area contributed by atoms with Crippen molar-refractivity contribution in [3.05, 3.63) is 35.9 Å². The lowest BCUT2D eigenvalue weighted by Gasteiger charge is -2.38. The molecule has 1 saturated heterocycles. The van der Waals surface area contributed by atoms with Crippen molar-refractivity contribution in [2.75, 3.05) is 19.7 Å². The molecule has 1 fully saturated rings. The average molecular weight is 570 g/mol. The number of rotatable bonds is 16. The largest absolute Gasteiger partial charge is 0.481 e. The van der Waals surface area contributed by atoms with Crippen LogP contribution in [0.1, 0.15) is 44.6 Å². The molecule has 40 heavy (non-hydrogen) atoms. The molecule has 14 nitrogen and oxygen atoms in total. The van der Waals surface area contributed by atoms with Crippen LogP contribution in [0.4, 0.5) is 4.79 Å². The molecule has 6 atom stereocenters. The van der Waals surface area contributed by atoms with E-state index in [1.807, 2.05) is 6.07 Å². The van der Waals surface area contributed by atoms with E-state index in [1.54, 1.807) is 31.2 Å². The second-order valence-corrected chi connectivity index (χ2v) is 9.36. The number of carboxylic acid groups (broad SMARTS) is 1. The van der Waals surface area contributed by atoms with E-state index in [2.05, 4.69) is 16.0 Å². The van der Waals surface area contributed by atoms with Gasteiger partial charge < -0.3 is 50.6 Å². The Kier molecular flexibility index (Phi) is 14.3. The molecule has 0 spiro atoms. The number of aliphatic carboxylic acids is 1. The number of carboxylic acids is 1. The lowest BCUT2D eigenvalue weighted by atomic mass is 10.0. The fraction of sp³-hybridized carbons (Fsp3) is 0.615. The first kappa shape index (κ1) is 32.9. The van der Waals surface area contributed by atoms with Gasteiger partial charge in [0.1, 0.15) is 31.0 Å². The Labute approximate surface area is 232 Å². The molecule has 1 aliphatic heterocycles. The van der Waals surface area contributed by atoms with Gasteiger partial charge in [-0.3, -0.25) is 14.4 Å². The summed E-state index contributed by atoms with van der Waals surface area (Å²) in [6.45, 7) is 1.93. The minimum Gasteiger partial charge on any atom is -0.481 e. The van der Waals surface area contributed by atoms with Crippen molar-refractivity contribution < 1.29 is 53.8 Å². The maximum Gasteiger partial charge on any atom is 0.408 e. The highest BCUT2D eigenvalue weighted by molar-refractivity contribution is 5.89. The normalized spacial score (nSPS) is 23.1. The van der Waals surface area contributed by atoms with Crippen LogP contribution in [0, 0.1) is 0 Å². The molecule has 0 radical (unpaired) electrons. The molecule has 1 heterocycles. The van der Waals surface area contributed by atoms with Gasteiger partial charge in [0.05, 0.1) is 19.1 Å². The highest BCUT2D eigenvalue weighted by atomic mass is 16.7. The van der Waals surface area contributed by atoms with E-state index in [4.69, 9.17) is 19.3 Å². The second-order valence-electron chi connectivity index (χ2n) is 9.36. The first-order valence-corrected chi connectivity index (χ1v) is 13.1. The number of amides is 3. The van der Waals surface area contributed by atoms with E-state index in [0.29, 0.717) is 19.3 Å². The lowest BCUT2D eigenvalue weighted by Crippen LogP contribution is -2.57. The second kappa shape index (κ2) is 17.4. The zero-order chi connectivity index (χ0) is 29.5. The molecule has 3 amide bonds. The Morgan fingerprint density at radius 1 is 0.950 bits per heavy atom. The van der Waals surface area contributed by atoms with E-state index < -0.39 is 61.1 Å². The van der Waals surface area contributed by atoms with Crippen LogP contribution in [0.5, 0.6) is 0 Å². The first-order chi connectivity index (χ1) is 19.1. The van der Waals surface area contributed by atoms with E-state index in [-0.39, 0.29) is 38.6 Å². The molecule has 14 heteroatoms. The highest BCUT2D eigenvalue weighted by Gasteiger charge is 2.42. The third-order valence-electron chi connectivity index (χ3n) is 6.09. The number of carbonyl (C=O) groups is 4. The van der Waals surface area contributed by atoms with E-state index >= 15 is 0 Å². The maximum atomic E-state index is 12.4. The van der Waals surface area contributed by atoms with Crippen LogP contribution < -0.4 is 16.0 Å². The van der Waals surface area contributed by atoms with Crippen molar-refractivity contribution in [1.82, 2.24) is 16.0 Å². The van der Waals surface area contributed by atoms with Gasteiger partial charge in [0.2, 0.25) is 11.8 Å². The number of hydrogen-bond acceptors (Lipinski definition) is 10. The van der Waals surface area contributed by atoms with Gasteiger partial charge in [0, 0.05) is 19.5 Å². The molecule has 1 aromatic rings. The molecule has 0 aliphatic carbocycles. The molecule has 1 aromatic carbocycles. The van der Waals surface area contributed by atoms with E-state index in [9.17, 15) is 34.5 Å². The zero-order valence-electron chi connectivity index (χ0n) is 22.4. The van der Waals surface area contributed by atoms with Gasteiger partial charge in [-0.15, -0.1) is 0 Å². The number of alkyl carbamates (subject to hydrolysis) is 1. The molecular formula is C26H39N3O11. The van der Waals surface area contributed by atoms with Crippen LogP contribution in [0.3, 0.4) is 0 Å². The summed E-state index contributed by atoms with van der Waals surface area (Å²) in [5, 5.41) is 45.9. The van der Waals surface area contributed by atoms with E-state index in [1.165, 1.54) is 0 Å². The Morgan fingerprint density at radius 3 is 2.38 bits per heavy atom. The summed E-state index contributed by atoms with van der Waals surface area (Å²) >= 11 is 0. The third kappa shape index (κ3) is 11.8. The van der Waals surface area contributed by atoms with Gasteiger partial charge in [-0.05, 0) is 25.3 Å². The molecule has 0 bridgehead atoms. The Hall–Kier alpha value is -3.30. The molecular weight excluding hydrogens is 530 g/mol. The van der Waals surface area contributed by atoms with Crippen LogP contribution in [0.2, 0.25) is 0 Å². The molecule has 1 unspecified atom stereocenters. The molecule has 1 aliphatic rings. The number of hydrogen-bond donors (Lipinski definition) is 7. The summed E-state index contributed by atoms with van der Waals surface area (Å²) in [5.74, 6) is -2.13. The molecule has 0 aromatic heterocycles. The third-order valence-corrected chi connectivity index (χ3v) is 6.09. The van der Waals surface area contributed by atoms with Crippen LogP contribution in [-0.4, -0.2) is 101 Å². The van der Waals surface area contributed by atoms with Crippen LogP contribution in [0.25, 0.3) is 0 Å². The van der Waals surface area contributed by atoms with Crippen molar-refractivity contribution in [2.45, 2.75) is 82.4 Å². The summed E-state index contributed by atoms with van der Waals surface area (Å²) in [6.07, 6.45) is -5.47. The quantitative estimate of drug-likeness (QED) is 0.125. The number of carbonyl (C=O) groups excluding carboxylic acids is 3. The monoisotopic (exact) mass is 569 g/mol. The molecule has 2 rings (SSSR count). The first-order valence-electron chi connectivity index (χ1n) is 13.1. The van der Waals surface area contributed by atoms with Crippen molar-refractivity contribution in [3.63, 3.8) is 0 Å². The van der Waals surface area contributed by atoms with Crippen molar-refractivity contribution in [3.8, 4) is 0 Å². The van der Waals surface area contributed by atoms with Gasteiger partial charge in [0.25, 0.3) is 0 Å². The van der Waals surface area contributed by atoms with E-state index in [0.717, 1.165) is 5.56 Å². The number of unbranched alkanes of at least 4 members (excludes halogenated alkanes) is 2. The van der Waals surface area contributed by atoms with Crippen LogP contribution in [-0.2, 0) is 35.2 Å². The lowest BCUT2D eigenvalue weighted by molar-refractivity contribution is -0.292. The van der Waals surface area contributed by atoms with Gasteiger partial charge in [0.15, 0.2) is 6.29 Å². The van der Waals surface area contributed by atoms with Crippen molar-refractivity contribution in [1.29, 1.82) is 0 Å². The van der Waals surface area contributed by atoms with Crippen molar-refractivity contribution >= 4 is 23.9 Å². The number of aliphatic hydroxyl groups excluding tert-OH is 3. The zero-order valence-corrected chi connectivity index (χ0v) is 22.4. The summed E-state index contributed by atoms with van der Waals surface area (Å²) in [4.78, 5) is 47.5.